The fourth-order valence-corrected chi connectivity index (χ4v) is 3.83. The summed E-state index contributed by atoms with van der Waals surface area (Å²) in [5, 5.41) is 22.8. The molecule has 3 heterocycles. The van der Waals surface area contributed by atoms with E-state index in [2.05, 4.69) is 20.5 Å². The Morgan fingerprint density at radius 1 is 1.31 bits per heavy atom. The first-order chi connectivity index (χ1) is 14.0. The number of halogens is 1. The number of fused-ring (bicyclic) bond motifs is 1. The van der Waals surface area contributed by atoms with Gasteiger partial charge in [0.2, 0.25) is 5.13 Å². The van der Waals surface area contributed by atoms with Crippen molar-refractivity contribution in [1.82, 2.24) is 15.2 Å². The first kappa shape index (κ1) is 19.3. The van der Waals surface area contributed by atoms with Crippen LogP contribution in [0, 0.1) is 6.92 Å². The molecule has 10 heteroatoms. The molecule has 1 aromatic carbocycles. The number of methoxy groups -OCH3 is 1. The molecular formula is C19H15ClN4O4S. The van der Waals surface area contributed by atoms with Crippen LogP contribution in [0.3, 0.4) is 0 Å². The molecule has 0 saturated carbocycles. The molecule has 148 valence electrons. The van der Waals surface area contributed by atoms with E-state index in [1.165, 1.54) is 11.3 Å². The number of hydrogen-bond acceptors (Lipinski definition) is 9. The van der Waals surface area contributed by atoms with Crippen LogP contribution in [-0.2, 0) is 6.61 Å². The largest absolute Gasteiger partial charge is 0.495 e. The molecule has 4 rings (SSSR count). The van der Waals surface area contributed by atoms with E-state index in [-0.39, 0.29) is 12.2 Å². The molecule has 0 aliphatic carbocycles. The van der Waals surface area contributed by atoms with Crippen LogP contribution in [0.2, 0.25) is 5.02 Å². The maximum absolute atomic E-state index is 12.5. The molecule has 0 aliphatic heterocycles. The predicted molar refractivity (Wildman–Crippen MR) is 111 cm³/mol. The molecule has 0 spiro atoms. The number of nitrogens with zero attached hydrogens (tertiary/aromatic N) is 3. The summed E-state index contributed by atoms with van der Waals surface area (Å²) < 4.78 is 10.6. The molecule has 0 amide bonds. The van der Waals surface area contributed by atoms with Crippen molar-refractivity contribution in [2.24, 2.45) is 0 Å². The van der Waals surface area contributed by atoms with E-state index in [1.807, 2.05) is 0 Å². The van der Waals surface area contributed by atoms with Crippen LogP contribution in [0.15, 0.2) is 39.7 Å². The van der Waals surface area contributed by atoms with Crippen LogP contribution in [0.1, 0.15) is 11.3 Å². The minimum absolute atomic E-state index is 0.224. The number of aliphatic hydroxyl groups is 1. The van der Waals surface area contributed by atoms with E-state index < -0.39 is 5.63 Å². The number of aromatic nitrogens is 3. The fraction of sp³-hybridized carbons (Fsp3) is 0.158. The van der Waals surface area contributed by atoms with E-state index in [0.29, 0.717) is 48.8 Å². The van der Waals surface area contributed by atoms with Gasteiger partial charge < -0.3 is 19.6 Å². The van der Waals surface area contributed by atoms with Crippen molar-refractivity contribution in [3.63, 3.8) is 0 Å². The van der Waals surface area contributed by atoms with Gasteiger partial charge in [-0.2, -0.15) is 0 Å². The monoisotopic (exact) mass is 430 g/mol. The minimum atomic E-state index is -0.548. The van der Waals surface area contributed by atoms with Crippen molar-refractivity contribution in [3.8, 4) is 16.3 Å². The van der Waals surface area contributed by atoms with E-state index in [1.54, 1.807) is 44.5 Å². The highest BCUT2D eigenvalue weighted by Crippen LogP contribution is 2.32. The van der Waals surface area contributed by atoms with Gasteiger partial charge in [-0.15, -0.1) is 10.2 Å². The second kappa shape index (κ2) is 7.78. The number of ether oxygens (including phenoxy) is 1. The lowest BCUT2D eigenvalue weighted by Crippen LogP contribution is -2.05. The van der Waals surface area contributed by atoms with Crippen molar-refractivity contribution in [3.05, 3.63) is 57.2 Å². The normalized spacial score (nSPS) is 11.0. The van der Waals surface area contributed by atoms with Crippen molar-refractivity contribution >= 4 is 44.7 Å². The molecule has 0 atom stereocenters. The fourth-order valence-electron chi connectivity index (χ4n) is 2.81. The maximum atomic E-state index is 12.5. The number of aryl methyl sites for hydroxylation is 1. The molecule has 0 aliphatic rings. The molecule has 8 nitrogen and oxygen atoms in total. The van der Waals surface area contributed by atoms with Gasteiger partial charge in [-0.3, -0.25) is 4.98 Å². The van der Waals surface area contributed by atoms with Crippen LogP contribution in [0.4, 0.5) is 10.8 Å². The molecule has 0 saturated heterocycles. The number of hydrogen-bond donors (Lipinski definition) is 2. The van der Waals surface area contributed by atoms with E-state index in [0.717, 1.165) is 0 Å². The molecular weight excluding hydrogens is 416 g/mol. The smallest absolute Gasteiger partial charge is 0.346 e. The lowest BCUT2D eigenvalue weighted by Gasteiger charge is -2.06. The van der Waals surface area contributed by atoms with E-state index in [9.17, 15) is 9.90 Å². The zero-order valence-electron chi connectivity index (χ0n) is 15.4. The topological polar surface area (TPSA) is 110 Å². The third kappa shape index (κ3) is 3.67. The van der Waals surface area contributed by atoms with Gasteiger partial charge in [0.15, 0.2) is 10.6 Å². The average molecular weight is 431 g/mol. The first-order valence-corrected chi connectivity index (χ1v) is 9.67. The third-order valence-electron chi connectivity index (χ3n) is 4.27. The quantitative estimate of drug-likeness (QED) is 0.490. The van der Waals surface area contributed by atoms with Gasteiger partial charge in [-0.1, -0.05) is 22.9 Å². The zero-order chi connectivity index (χ0) is 20.5. The molecule has 0 unspecified atom stereocenters. The molecule has 0 bridgehead atoms. The first-order valence-electron chi connectivity index (χ1n) is 8.47. The molecule has 4 aromatic rings. The summed E-state index contributed by atoms with van der Waals surface area (Å²) in [5.74, 6) is 0.563. The molecule has 3 aromatic heterocycles. The summed E-state index contributed by atoms with van der Waals surface area (Å²) >= 11 is 7.33. The van der Waals surface area contributed by atoms with Gasteiger partial charge in [-0.05, 0) is 31.2 Å². The lowest BCUT2D eigenvalue weighted by atomic mass is 10.1. The number of pyridine rings is 1. The SMILES string of the molecule is COc1ccc(Nc2nnc(-c3cc4c(CO)cnc(C)c4oc3=O)s2)cc1Cl. The summed E-state index contributed by atoms with van der Waals surface area (Å²) in [6, 6.07) is 6.88. The van der Waals surface area contributed by atoms with Crippen molar-refractivity contribution in [2.75, 3.05) is 12.4 Å². The highest BCUT2D eigenvalue weighted by Gasteiger charge is 2.16. The lowest BCUT2D eigenvalue weighted by molar-refractivity contribution is 0.282. The van der Waals surface area contributed by atoms with Crippen LogP contribution in [-0.4, -0.2) is 27.4 Å². The predicted octanol–water partition coefficient (Wildman–Crippen LogP) is 3.91. The summed E-state index contributed by atoms with van der Waals surface area (Å²) in [6.07, 6.45) is 1.56. The Kier molecular flexibility index (Phi) is 5.18. The molecule has 2 N–H and O–H groups in total. The number of aliphatic hydroxyl groups excluding tert-OH is 1. The summed E-state index contributed by atoms with van der Waals surface area (Å²) in [5.41, 5.74) is 1.89. The van der Waals surface area contributed by atoms with Crippen LogP contribution in [0.25, 0.3) is 21.5 Å². The Labute approximate surface area is 173 Å². The van der Waals surface area contributed by atoms with Crippen molar-refractivity contribution in [2.45, 2.75) is 13.5 Å². The number of anilines is 2. The van der Waals surface area contributed by atoms with Gasteiger partial charge >= 0.3 is 5.63 Å². The second-order valence-electron chi connectivity index (χ2n) is 6.10. The van der Waals surface area contributed by atoms with Gasteiger partial charge in [0.1, 0.15) is 5.75 Å². The third-order valence-corrected chi connectivity index (χ3v) is 5.43. The molecule has 0 fully saturated rings. The number of rotatable bonds is 5. The van der Waals surface area contributed by atoms with Gasteiger partial charge in [-0.25, -0.2) is 4.79 Å². The summed E-state index contributed by atoms with van der Waals surface area (Å²) in [6.45, 7) is 1.51. The Morgan fingerprint density at radius 2 is 2.14 bits per heavy atom. The zero-order valence-corrected chi connectivity index (χ0v) is 17.0. The van der Waals surface area contributed by atoms with Crippen LogP contribution < -0.4 is 15.7 Å². The van der Waals surface area contributed by atoms with Crippen molar-refractivity contribution in [1.29, 1.82) is 0 Å². The highest BCUT2D eigenvalue weighted by molar-refractivity contribution is 7.18. The Bertz CT molecular complexity index is 1270. The van der Waals surface area contributed by atoms with Crippen molar-refractivity contribution < 1.29 is 14.3 Å². The summed E-state index contributed by atoms with van der Waals surface area (Å²) in [7, 11) is 1.54. The number of nitrogens with one attached hydrogen (secondary N) is 1. The summed E-state index contributed by atoms with van der Waals surface area (Å²) in [4.78, 5) is 16.6. The van der Waals surface area contributed by atoms with E-state index in [4.69, 9.17) is 20.8 Å². The molecule has 0 radical (unpaired) electrons. The standard InChI is InChI=1S/C19H15ClN4O4S/c1-9-16-12(10(8-25)7-21-9)6-13(18(26)28-16)17-23-24-19(29-17)22-11-3-4-15(27-2)14(20)5-11/h3-7,25H,8H2,1-2H3,(H,22,24). The number of benzene rings is 1. The van der Waals surface area contributed by atoms with Gasteiger partial charge in [0.25, 0.3) is 0 Å². The van der Waals surface area contributed by atoms with Gasteiger partial charge in [0.05, 0.1) is 30.0 Å². The minimum Gasteiger partial charge on any atom is -0.495 e. The Hall–Kier alpha value is -3.01. The van der Waals surface area contributed by atoms with Crippen LogP contribution in [0.5, 0.6) is 5.75 Å². The average Bonchev–Trinajstić information content (AvgIpc) is 3.16. The van der Waals surface area contributed by atoms with Crippen LogP contribution >= 0.6 is 22.9 Å². The van der Waals surface area contributed by atoms with Gasteiger partial charge in [0, 0.05) is 22.8 Å². The van der Waals surface area contributed by atoms with E-state index >= 15 is 0 Å². The Balaban J connectivity index is 1.71. The maximum Gasteiger partial charge on any atom is 0.346 e. The Morgan fingerprint density at radius 3 is 2.86 bits per heavy atom. The second-order valence-corrected chi connectivity index (χ2v) is 7.49. The highest BCUT2D eigenvalue weighted by atomic mass is 35.5. The molecule has 29 heavy (non-hydrogen) atoms.